The average Bonchev–Trinajstić information content (AvgIpc) is 2.67. The normalized spacial score (nSPS) is 19.1. The summed E-state index contributed by atoms with van der Waals surface area (Å²) in [5, 5.41) is 9.20. The van der Waals surface area contributed by atoms with E-state index in [0.717, 1.165) is 44.3 Å². The molecule has 24 heavy (non-hydrogen) atoms. The van der Waals surface area contributed by atoms with Crippen molar-refractivity contribution in [2.45, 2.75) is 44.9 Å². The molecular weight excluding hydrogens is 300 g/mol. The lowest BCUT2D eigenvalue weighted by molar-refractivity contribution is -0.131. The Labute approximate surface area is 144 Å². The van der Waals surface area contributed by atoms with Gasteiger partial charge in [0.1, 0.15) is 11.9 Å². The van der Waals surface area contributed by atoms with Gasteiger partial charge in [-0.05, 0) is 24.5 Å². The van der Waals surface area contributed by atoms with Crippen molar-refractivity contribution >= 4 is 11.7 Å². The van der Waals surface area contributed by atoms with Gasteiger partial charge in [0, 0.05) is 38.8 Å². The summed E-state index contributed by atoms with van der Waals surface area (Å²) >= 11 is 0. The van der Waals surface area contributed by atoms with E-state index in [1.165, 1.54) is 32.1 Å². The monoisotopic (exact) mass is 326 g/mol. The first-order valence-corrected chi connectivity index (χ1v) is 9.16. The lowest BCUT2D eigenvalue weighted by atomic mass is 9.86. The van der Waals surface area contributed by atoms with Crippen LogP contribution in [0, 0.1) is 17.2 Å². The highest BCUT2D eigenvalue weighted by Crippen LogP contribution is 2.27. The molecule has 5 nitrogen and oxygen atoms in total. The average molecular weight is 326 g/mol. The second-order valence-electron chi connectivity index (χ2n) is 6.90. The molecule has 0 spiro atoms. The van der Waals surface area contributed by atoms with Crippen molar-refractivity contribution in [1.82, 2.24) is 9.88 Å². The first kappa shape index (κ1) is 16.8. The van der Waals surface area contributed by atoms with Crippen LogP contribution in [0.5, 0.6) is 0 Å². The molecule has 1 saturated carbocycles. The Morgan fingerprint density at radius 1 is 1.21 bits per heavy atom. The van der Waals surface area contributed by atoms with E-state index in [9.17, 15) is 10.1 Å². The van der Waals surface area contributed by atoms with Crippen molar-refractivity contribution in [2.24, 2.45) is 5.92 Å². The van der Waals surface area contributed by atoms with E-state index >= 15 is 0 Å². The zero-order valence-corrected chi connectivity index (χ0v) is 14.3. The molecule has 1 aliphatic heterocycles. The second kappa shape index (κ2) is 8.14. The van der Waals surface area contributed by atoms with E-state index in [0.29, 0.717) is 17.9 Å². The fourth-order valence-corrected chi connectivity index (χ4v) is 3.87. The maximum Gasteiger partial charge on any atom is 0.222 e. The van der Waals surface area contributed by atoms with Gasteiger partial charge < -0.3 is 9.80 Å². The molecule has 0 aromatic carbocycles. The number of pyridine rings is 1. The summed E-state index contributed by atoms with van der Waals surface area (Å²) in [7, 11) is 0. The number of carbonyl (C=O) groups excluding carboxylic acids is 1. The summed E-state index contributed by atoms with van der Waals surface area (Å²) in [5.41, 5.74) is 0.606. The molecule has 2 aliphatic rings. The summed E-state index contributed by atoms with van der Waals surface area (Å²) in [6.07, 6.45) is 10.1. The molecule has 1 saturated heterocycles. The van der Waals surface area contributed by atoms with Crippen LogP contribution in [-0.2, 0) is 4.79 Å². The summed E-state index contributed by atoms with van der Waals surface area (Å²) in [6.45, 7) is 2.96. The molecule has 1 aliphatic carbocycles. The Balaban J connectivity index is 1.47. The van der Waals surface area contributed by atoms with Crippen LogP contribution in [0.3, 0.4) is 0 Å². The quantitative estimate of drug-likeness (QED) is 0.853. The van der Waals surface area contributed by atoms with Gasteiger partial charge in [0.25, 0.3) is 0 Å². The number of hydrogen-bond acceptors (Lipinski definition) is 4. The minimum Gasteiger partial charge on any atom is -0.352 e. The third-order valence-electron chi connectivity index (χ3n) is 5.33. The summed E-state index contributed by atoms with van der Waals surface area (Å²) < 4.78 is 0. The molecule has 1 aromatic rings. The van der Waals surface area contributed by atoms with Crippen LogP contribution in [0.15, 0.2) is 18.3 Å². The van der Waals surface area contributed by atoms with E-state index in [1.54, 1.807) is 18.3 Å². The molecule has 0 radical (unpaired) electrons. The van der Waals surface area contributed by atoms with Gasteiger partial charge in [-0.25, -0.2) is 4.98 Å². The molecule has 0 bridgehead atoms. The van der Waals surface area contributed by atoms with Crippen LogP contribution >= 0.6 is 0 Å². The third-order valence-corrected chi connectivity index (χ3v) is 5.33. The Morgan fingerprint density at radius 3 is 2.67 bits per heavy atom. The number of carbonyl (C=O) groups is 1. The molecule has 0 atom stereocenters. The summed E-state index contributed by atoms with van der Waals surface area (Å²) in [4.78, 5) is 20.9. The molecule has 0 unspecified atom stereocenters. The smallest absolute Gasteiger partial charge is 0.222 e. The minimum absolute atomic E-state index is 0.293. The largest absolute Gasteiger partial charge is 0.352 e. The van der Waals surface area contributed by atoms with Crippen molar-refractivity contribution in [3.8, 4) is 6.07 Å². The van der Waals surface area contributed by atoms with E-state index in [1.807, 2.05) is 4.90 Å². The van der Waals surface area contributed by atoms with Gasteiger partial charge in [-0.1, -0.05) is 32.1 Å². The van der Waals surface area contributed by atoms with Gasteiger partial charge in [0.2, 0.25) is 5.91 Å². The Bertz CT molecular complexity index is 596. The third kappa shape index (κ3) is 4.05. The highest BCUT2D eigenvalue weighted by Gasteiger charge is 2.24. The van der Waals surface area contributed by atoms with Crippen molar-refractivity contribution in [1.29, 1.82) is 5.26 Å². The molecule has 3 rings (SSSR count). The fourth-order valence-electron chi connectivity index (χ4n) is 3.87. The SMILES string of the molecule is N#Cc1cccnc1N1CCN(C(=O)CCC2CCCCC2)CC1. The van der Waals surface area contributed by atoms with Crippen LogP contribution in [0.25, 0.3) is 0 Å². The predicted molar refractivity (Wildman–Crippen MR) is 93.6 cm³/mol. The molecule has 128 valence electrons. The fraction of sp³-hybridized carbons (Fsp3) is 0.632. The maximum atomic E-state index is 12.4. The predicted octanol–water partition coefficient (Wildman–Crippen LogP) is 2.96. The molecular formula is C19H26N4O. The molecule has 2 heterocycles. The summed E-state index contributed by atoms with van der Waals surface area (Å²) in [5.74, 6) is 1.80. The lowest BCUT2D eigenvalue weighted by Crippen LogP contribution is -2.49. The zero-order valence-electron chi connectivity index (χ0n) is 14.3. The van der Waals surface area contributed by atoms with Gasteiger partial charge >= 0.3 is 0 Å². The molecule has 1 aromatic heterocycles. The number of aromatic nitrogens is 1. The first-order chi connectivity index (χ1) is 11.8. The highest BCUT2D eigenvalue weighted by atomic mass is 16.2. The highest BCUT2D eigenvalue weighted by molar-refractivity contribution is 5.76. The van der Waals surface area contributed by atoms with Crippen LogP contribution in [0.2, 0.25) is 0 Å². The minimum atomic E-state index is 0.293. The van der Waals surface area contributed by atoms with E-state index in [4.69, 9.17) is 0 Å². The molecule has 5 heteroatoms. The van der Waals surface area contributed by atoms with Gasteiger partial charge in [-0.3, -0.25) is 4.79 Å². The van der Waals surface area contributed by atoms with Crippen molar-refractivity contribution in [2.75, 3.05) is 31.1 Å². The van der Waals surface area contributed by atoms with Crippen LogP contribution in [0.4, 0.5) is 5.82 Å². The van der Waals surface area contributed by atoms with Crippen molar-refractivity contribution in [3.05, 3.63) is 23.9 Å². The van der Waals surface area contributed by atoms with Crippen LogP contribution in [0.1, 0.15) is 50.5 Å². The van der Waals surface area contributed by atoms with Crippen LogP contribution in [-0.4, -0.2) is 42.0 Å². The van der Waals surface area contributed by atoms with Gasteiger partial charge in [-0.15, -0.1) is 0 Å². The topological polar surface area (TPSA) is 60.2 Å². The number of nitrogens with zero attached hydrogens (tertiary/aromatic N) is 4. The molecule has 1 amide bonds. The summed E-state index contributed by atoms with van der Waals surface area (Å²) in [6, 6.07) is 5.78. The molecule has 0 N–H and O–H groups in total. The van der Waals surface area contributed by atoms with Gasteiger partial charge in [-0.2, -0.15) is 5.26 Å². The second-order valence-corrected chi connectivity index (χ2v) is 6.90. The number of anilines is 1. The number of hydrogen-bond donors (Lipinski definition) is 0. The van der Waals surface area contributed by atoms with E-state index in [-0.39, 0.29) is 0 Å². The van der Waals surface area contributed by atoms with Crippen molar-refractivity contribution < 1.29 is 4.79 Å². The maximum absolute atomic E-state index is 12.4. The zero-order chi connectivity index (χ0) is 16.8. The number of nitriles is 1. The van der Waals surface area contributed by atoms with Gasteiger partial charge in [0.15, 0.2) is 0 Å². The van der Waals surface area contributed by atoms with Crippen molar-refractivity contribution in [3.63, 3.8) is 0 Å². The Hall–Kier alpha value is -2.09. The first-order valence-electron chi connectivity index (χ1n) is 9.16. The Morgan fingerprint density at radius 2 is 1.96 bits per heavy atom. The van der Waals surface area contributed by atoms with Crippen LogP contribution < -0.4 is 4.90 Å². The lowest BCUT2D eigenvalue weighted by Gasteiger charge is -2.36. The number of amides is 1. The number of piperazine rings is 1. The van der Waals surface area contributed by atoms with E-state index in [2.05, 4.69) is 16.0 Å². The van der Waals surface area contributed by atoms with Gasteiger partial charge in [0.05, 0.1) is 5.56 Å². The number of rotatable bonds is 4. The Kier molecular flexibility index (Phi) is 5.68. The van der Waals surface area contributed by atoms with E-state index < -0.39 is 0 Å². The standard InChI is InChI=1S/C19H26N4O/c20-15-17-7-4-10-21-19(17)23-13-11-22(12-14-23)18(24)9-8-16-5-2-1-3-6-16/h4,7,10,16H,1-3,5-6,8-9,11-14H2. The molecule has 2 fully saturated rings.